The van der Waals surface area contributed by atoms with E-state index in [0.717, 1.165) is 5.69 Å². The second-order valence-corrected chi connectivity index (χ2v) is 8.59. The highest BCUT2D eigenvalue weighted by atomic mass is 19.1. The van der Waals surface area contributed by atoms with Crippen LogP contribution in [0.15, 0.2) is 48.5 Å². The number of carbonyl (C=O) groups is 3. The number of nitrogens with one attached hydrogen (secondary N) is 2. The normalized spacial score (nSPS) is 18.7. The summed E-state index contributed by atoms with van der Waals surface area (Å²) in [5.74, 6) is -0.635. The van der Waals surface area contributed by atoms with Crippen molar-refractivity contribution in [1.29, 1.82) is 0 Å². The number of amides is 3. The molecule has 0 saturated carbocycles. The Kier molecular flexibility index (Phi) is 7.81. The van der Waals surface area contributed by atoms with Crippen LogP contribution in [-0.2, 0) is 14.4 Å². The van der Waals surface area contributed by atoms with Crippen LogP contribution in [0.2, 0.25) is 0 Å². The molecule has 0 radical (unpaired) electrons. The SMILES string of the molecule is COc1ccccc1NC(=O)C[C@H]1C(=O)NCCN1C(=O)CN1CCN(c2ccc(F)cc2)CC1. The Labute approximate surface area is 203 Å². The summed E-state index contributed by atoms with van der Waals surface area (Å²) in [6, 6.07) is 12.5. The molecule has 9 nitrogen and oxygen atoms in total. The summed E-state index contributed by atoms with van der Waals surface area (Å²) < 4.78 is 18.4. The number of benzene rings is 2. The Hall–Kier alpha value is -3.66. The average Bonchev–Trinajstić information content (AvgIpc) is 2.86. The highest BCUT2D eigenvalue weighted by Crippen LogP contribution is 2.24. The number of nitrogens with zero attached hydrogens (tertiary/aromatic N) is 3. The topological polar surface area (TPSA) is 94.2 Å². The third kappa shape index (κ3) is 6.07. The molecule has 2 aromatic rings. The molecule has 2 heterocycles. The van der Waals surface area contributed by atoms with Crippen LogP contribution in [0.4, 0.5) is 15.8 Å². The number of para-hydroxylation sites is 2. The van der Waals surface area contributed by atoms with Gasteiger partial charge in [-0.25, -0.2) is 4.39 Å². The molecule has 3 amide bonds. The lowest BCUT2D eigenvalue weighted by molar-refractivity contribution is -0.145. The number of hydrogen-bond donors (Lipinski definition) is 2. The molecule has 2 fully saturated rings. The molecular formula is C25H30FN5O4. The third-order valence-electron chi connectivity index (χ3n) is 6.33. The highest BCUT2D eigenvalue weighted by molar-refractivity contribution is 5.98. The van der Waals surface area contributed by atoms with Crippen molar-refractivity contribution in [3.63, 3.8) is 0 Å². The number of anilines is 2. The molecule has 0 bridgehead atoms. The first-order chi connectivity index (χ1) is 16.9. The van der Waals surface area contributed by atoms with Crippen LogP contribution >= 0.6 is 0 Å². The van der Waals surface area contributed by atoms with Gasteiger partial charge >= 0.3 is 0 Å². The minimum absolute atomic E-state index is 0.145. The van der Waals surface area contributed by atoms with Crippen molar-refractivity contribution >= 4 is 29.1 Å². The molecule has 10 heteroatoms. The Morgan fingerprint density at radius 1 is 1.06 bits per heavy atom. The van der Waals surface area contributed by atoms with E-state index in [2.05, 4.69) is 15.5 Å². The Balaban J connectivity index is 1.33. The fraction of sp³-hybridized carbons (Fsp3) is 0.400. The van der Waals surface area contributed by atoms with Crippen molar-refractivity contribution in [2.75, 3.05) is 63.1 Å². The average molecular weight is 484 g/mol. The summed E-state index contributed by atoms with van der Waals surface area (Å²) in [5, 5.41) is 5.53. The Bertz CT molecular complexity index is 1060. The fourth-order valence-electron chi connectivity index (χ4n) is 4.44. The summed E-state index contributed by atoms with van der Waals surface area (Å²) in [6.45, 7) is 3.65. The molecule has 2 N–H and O–H groups in total. The molecule has 2 aliphatic heterocycles. The van der Waals surface area contributed by atoms with E-state index in [0.29, 0.717) is 50.7 Å². The minimum Gasteiger partial charge on any atom is -0.495 e. The van der Waals surface area contributed by atoms with Crippen molar-refractivity contribution in [2.24, 2.45) is 0 Å². The Morgan fingerprint density at radius 2 is 1.77 bits per heavy atom. The van der Waals surface area contributed by atoms with Gasteiger partial charge in [0.05, 0.1) is 25.8 Å². The molecule has 0 unspecified atom stereocenters. The summed E-state index contributed by atoms with van der Waals surface area (Å²) >= 11 is 0. The van der Waals surface area contributed by atoms with Crippen molar-refractivity contribution in [2.45, 2.75) is 12.5 Å². The predicted molar refractivity (Wildman–Crippen MR) is 130 cm³/mol. The first-order valence-electron chi connectivity index (χ1n) is 11.7. The molecule has 35 heavy (non-hydrogen) atoms. The lowest BCUT2D eigenvalue weighted by atomic mass is 10.1. The first-order valence-corrected chi connectivity index (χ1v) is 11.7. The molecule has 4 rings (SSSR count). The zero-order valence-electron chi connectivity index (χ0n) is 19.7. The molecule has 2 aromatic carbocycles. The largest absolute Gasteiger partial charge is 0.495 e. The lowest BCUT2D eigenvalue weighted by Gasteiger charge is -2.39. The molecule has 1 atom stereocenters. The fourth-order valence-corrected chi connectivity index (χ4v) is 4.44. The van der Waals surface area contributed by atoms with E-state index in [1.165, 1.54) is 24.1 Å². The summed E-state index contributed by atoms with van der Waals surface area (Å²) in [5.41, 5.74) is 1.46. The summed E-state index contributed by atoms with van der Waals surface area (Å²) in [6.07, 6.45) is -0.145. The van der Waals surface area contributed by atoms with Gasteiger partial charge in [0.2, 0.25) is 17.7 Å². The number of carbonyl (C=O) groups excluding carboxylic acids is 3. The zero-order valence-corrected chi connectivity index (χ0v) is 19.7. The van der Waals surface area contributed by atoms with Crippen molar-refractivity contribution < 1.29 is 23.5 Å². The van der Waals surface area contributed by atoms with Crippen LogP contribution in [0.25, 0.3) is 0 Å². The third-order valence-corrected chi connectivity index (χ3v) is 6.33. The van der Waals surface area contributed by atoms with E-state index in [-0.39, 0.29) is 36.5 Å². The second kappa shape index (κ2) is 11.2. The van der Waals surface area contributed by atoms with Crippen LogP contribution in [0.5, 0.6) is 5.75 Å². The molecule has 186 valence electrons. The van der Waals surface area contributed by atoms with Crippen LogP contribution in [-0.4, -0.2) is 86.5 Å². The number of rotatable bonds is 7. The van der Waals surface area contributed by atoms with Gasteiger partial charge < -0.3 is 25.2 Å². The molecule has 0 aliphatic carbocycles. The van der Waals surface area contributed by atoms with E-state index in [1.807, 2.05) is 4.90 Å². The number of piperazine rings is 2. The van der Waals surface area contributed by atoms with Crippen molar-refractivity contribution in [3.8, 4) is 5.75 Å². The predicted octanol–water partition coefficient (Wildman–Crippen LogP) is 1.31. The van der Waals surface area contributed by atoms with E-state index in [1.54, 1.807) is 36.4 Å². The van der Waals surface area contributed by atoms with Gasteiger partial charge in [-0.15, -0.1) is 0 Å². The van der Waals surface area contributed by atoms with E-state index < -0.39 is 6.04 Å². The van der Waals surface area contributed by atoms with Gasteiger partial charge in [0, 0.05) is 45.0 Å². The summed E-state index contributed by atoms with van der Waals surface area (Å²) in [7, 11) is 1.51. The Morgan fingerprint density at radius 3 is 2.49 bits per heavy atom. The molecule has 2 saturated heterocycles. The zero-order chi connectivity index (χ0) is 24.8. The maximum Gasteiger partial charge on any atom is 0.243 e. The van der Waals surface area contributed by atoms with Crippen LogP contribution in [0.1, 0.15) is 6.42 Å². The molecule has 2 aliphatic rings. The summed E-state index contributed by atoms with van der Waals surface area (Å²) in [4.78, 5) is 44.2. The van der Waals surface area contributed by atoms with Gasteiger partial charge in [0.1, 0.15) is 17.6 Å². The van der Waals surface area contributed by atoms with E-state index in [9.17, 15) is 18.8 Å². The maximum absolute atomic E-state index is 13.2. The number of halogens is 1. The van der Waals surface area contributed by atoms with Gasteiger partial charge in [0.15, 0.2) is 0 Å². The molecule has 0 aromatic heterocycles. The van der Waals surface area contributed by atoms with Crippen LogP contribution in [0, 0.1) is 5.82 Å². The van der Waals surface area contributed by atoms with E-state index in [4.69, 9.17) is 4.74 Å². The van der Waals surface area contributed by atoms with Gasteiger partial charge in [-0.3, -0.25) is 19.3 Å². The number of ether oxygens (including phenoxy) is 1. The van der Waals surface area contributed by atoms with Gasteiger partial charge in [-0.2, -0.15) is 0 Å². The van der Waals surface area contributed by atoms with Crippen LogP contribution in [0.3, 0.4) is 0 Å². The van der Waals surface area contributed by atoms with Gasteiger partial charge in [0.25, 0.3) is 0 Å². The van der Waals surface area contributed by atoms with Gasteiger partial charge in [-0.1, -0.05) is 12.1 Å². The molecular weight excluding hydrogens is 453 g/mol. The monoisotopic (exact) mass is 483 g/mol. The standard InChI is InChI=1S/C25H30FN5O4/c1-35-22-5-3-2-4-20(22)28-23(32)16-21-25(34)27-10-11-31(21)24(33)17-29-12-14-30(15-13-29)19-8-6-18(26)7-9-19/h2-9,21H,10-17H2,1H3,(H,27,34)(H,28,32)/t21-/m0/s1. The number of methoxy groups -OCH3 is 1. The van der Waals surface area contributed by atoms with Gasteiger partial charge in [-0.05, 0) is 36.4 Å². The number of hydrogen-bond acceptors (Lipinski definition) is 6. The van der Waals surface area contributed by atoms with Crippen molar-refractivity contribution in [1.82, 2.24) is 15.1 Å². The first kappa shape index (κ1) is 24.5. The lowest BCUT2D eigenvalue weighted by Crippen LogP contribution is -2.60. The van der Waals surface area contributed by atoms with Crippen molar-refractivity contribution in [3.05, 3.63) is 54.3 Å². The van der Waals surface area contributed by atoms with E-state index >= 15 is 0 Å². The smallest absolute Gasteiger partial charge is 0.243 e. The maximum atomic E-state index is 13.2. The second-order valence-electron chi connectivity index (χ2n) is 8.59. The molecule has 0 spiro atoms. The quantitative estimate of drug-likeness (QED) is 0.617. The highest BCUT2D eigenvalue weighted by Gasteiger charge is 2.35. The van der Waals surface area contributed by atoms with Crippen LogP contribution < -0.4 is 20.3 Å². The minimum atomic E-state index is -0.869.